The van der Waals surface area contributed by atoms with Gasteiger partial charge in [-0.3, -0.25) is 4.79 Å². The average Bonchev–Trinajstić information content (AvgIpc) is 3.59. The van der Waals surface area contributed by atoms with Crippen LogP contribution in [0.2, 0.25) is 0 Å². The van der Waals surface area contributed by atoms with Gasteiger partial charge < -0.3 is 19.4 Å². The molecule has 9 nitrogen and oxygen atoms in total. The van der Waals surface area contributed by atoms with Gasteiger partial charge in [0.15, 0.2) is 17.1 Å². The molecule has 0 saturated carbocycles. The Morgan fingerprint density at radius 1 is 1.15 bits per heavy atom. The number of halogens is 1. The molecule has 0 bridgehead atoms. The van der Waals surface area contributed by atoms with Crippen LogP contribution in [-0.2, 0) is 9.53 Å². The molecule has 1 N–H and O–H groups in total. The summed E-state index contributed by atoms with van der Waals surface area (Å²) in [6.07, 6.45) is 7.45. The summed E-state index contributed by atoms with van der Waals surface area (Å²) in [6, 6.07) is 11.2. The van der Waals surface area contributed by atoms with E-state index in [9.17, 15) is 14.0 Å². The van der Waals surface area contributed by atoms with Crippen LogP contribution in [0.15, 0.2) is 67.3 Å². The number of nitrogens with zero attached hydrogens (tertiary/aromatic N) is 5. The maximum Gasteiger partial charge on any atom is 0.333 e. The molecule has 1 atom stereocenters. The fourth-order valence-corrected chi connectivity index (χ4v) is 4.24. The van der Waals surface area contributed by atoms with E-state index in [1.807, 2.05) is 33.8 Å². The van der Waals surface area contributed by atoms with Crippen molar-refractivity contribution in [3.05, 3.63) is 78.8 Å². The van der Waals surface area contributed by atoms with Crippen LogP contribution in [0.1, 0.15) is 23.8 Å². The lowest BCUT2D eigenvalue weighted by molar-refractivity contribution is -0.149. The maximum atomic E-state index is 13.2. The third-order valence-corrected chi connectivity index (χ3v) is 5.93. The summed E-state index contributed by atoms with van der Waals surface area (Å²) in [5.41, 5.74) is 0.414. The van der Waals surface area contributed by atoms with Crippen LogP contribution < -0.4 is 10.2 Å². The fourth-order valence-electron chi connectivity index (χ4n) is 4.24. The Morgan fingerprint density at radius 3 is 2.76 bits per heavy atom. The largest absolute Gasteiger partial charge is 0.464 e. The standard InChI is InChI=1S/C24H23FN6O3/c1-2-34-23(33)24(10-14-30(16-24)21-20-4-3-12-29(20)15-11-26-21)27-22(32)19-9-13-31(28-19)18-7-5-17(25)6-8-18/h3-9,11-13,15H,2,10,14,16H2,1H3,(H,27,32)/t24-/m0/s1. The predicted octanol–water partition coefficient (Wildman–Crippen LogP) is 2.60. The summed E-state index contributed by atoms with van der Waals surface area (Å²) in [5, 5.41) is 7.18. The maximum absolute atomic E-state index is 13.2. The molecule has 1 fully saturated rings. The third-order valence-electron chi connectivity index (χ3n) is 5.93. The molecule has 0 aliphatic carbocycles. The number of esters is 1. The average molecular weight is 462 g/mol. The van der Waals surface area contributed by atoms with Crippen LogP contribution in [0.25, 0.3) is 11.2 Å². The van der Waals surface area contributed by atoms with Crippen LogP contribution in [0.3, 0.4) is 0 Å². The molecule has 1 saturated heterocycles. The summed E-state index contributed by atoms with van der Waals surface area (Å²) in [5.74, 6) is -0.620. The number of hydrogen-bond donors (Lipinski definition) is 1. The monoisotopic (exact) mass is 462 g/mol. The van der Waals surface area contributed by atoms with Gasteiger partial charge in [0.1, 0.15) is 5.82 Å². The number of hydrogen-bond acceptors (Lipinski definition) is 6. The summed E-state index contributed by atoms with van der Waals surface area (Å²) in [4.78, 5) is 32.7. The van der Waals surface area contributed by atoms with E-state index >= 15 is 0 Å². The van der Waals surface area contributed by atoms with E-state index < -0.39 is 17.4 Å². The molecule has 1 amide bonds. The number of ether oxygens (including phenoxy) is 1. The first-order valence-corrected chi connectivity index (χ1v) is 11.0. The molecule has 34 heavy (non-hydrogen) atoms. The van der Waals surface area contributed by atoms with Gasteiger partial charge in [0.05, 0.1) is 24.4 Å². The van der Waals surface area contributed by atoms with Gasteiger partial charge in [0.2, 0.25) is 0 Å². The number of rotatable bonds is 6. The van der Waals surface area contributed by atoms with Crippen molar-refractivity contribution in [2.75, 3.05) is 24.6 Å². The second kappa shape index (κ2) is 8.62. The molecular weight excluding hydrogens is 439 g/mol. The second-order valence-electron chi connectivity index (χ2n) is 8.10. The number of carbonyl (C=O) groups excluding carboxylic acids is 2. The highest BCUT2D eigenvalue weighted by Crippen LogP contribution is 2.30. The summed E-state index contributed by atoms with van der Waals surface area (Å²) in [7, 11) is 0. The summed E-state index contributed by atoms with van der Waals surface area (Å²) >= 11 is 0. The van der Waals surface area contributed by atoms with Crippen molar-refractivity contribution in [2.45, 2.75) is 18.9 Å². The van der Waals surface area contributed by atoms with Crippen LogP contribution in [0.4, 0.5) is 10.2 Å². The van der Waals surface area contributed by atoms with Crippen LogP contribution in [-0.4, -0.2) is 56.3 Å². The zero-order valence-electron chi connectivity index (χ0n) is 18.5. The quantitative estimate of drug-likeness (QED) is 0.443. The Bertz CT molecular complexity index is 1350. The van der Waals surface area contributed by atoms with Gasteiger partial charge >= 0.3 is 5.97 Å². The number of benzene rings is 1. The van der Waals surface area contributed by atoms with E-state index in [1.54, 1.807) is 37.5 Å². The molecule has 5 rings (SSSR count). The van der Waals surface area contributed by atoms with Gasteiger partial charge in [0, 0.05) is 37.8 Å². The van der Waals surface area contributed by atoms with Gasteiger partial charge in [-0.15, -0.1) is 0 Å². The molecule has 4 heterocycles. The second-order valence-corrected chi connectivity index (χ2v) is 8.10. The highest BCUT2D eigenvalue weighted by atomic mass is 19.1. The first kappa shape index (κ1) is 21.6. The van der Waals surface area contributed by atoms with Crippen molar-refractivity contribution in [2.24, 2.45) is 0 Å². The number of aromatic nitrogens is 4. The molecular formula is C24H23FN6O3. The van der Waals surface area contributed by atoms with Gasteiger partial charge in [-0.05, 0) is 49.4 Å². The lowest BCUT2D eigenvalue weighted by Crippen LogP contribution is -2.57. The van der Waals surface area contributed by atoms with Gasteiger partial charge in [-0.2, -0.15) is 5.10 Å². The Kier molecular flexibility index (Phi) is 5.48. The van der Waals surface area contributed by atoms with Crippen molar-refractivity contribution in [3.8, 4) is 5.69 Å². The number of anilines is 1. The minimum atomic E-state index is -1.24. The molecule has 10 heteroatoms. The van der Waals surface area contributed by atoms with Crippen LogP contribution in [0, 0.1) is 5.82 Å². The fraction of sp³-hybridized carbons (Fsp3) is 0.250. The third kappa shape index (κ3) is 3.87. The smallest absolute Gasteiger partial charge is 0.333 e. The normalized spacial score (nSPS) is 17.8. The minimum absolute atomic E-state index is 0.137. The number of fused-ring (bicyclic) bond motifs is 1. The minimum Gasteiger partial charge on any atom is -0.464 e. The Balaban J connectivity index is 1.40. The first-order valence-electron chi connectivity index (χ1n) is 11.0. The van der Waals surface area contributed by atoms with Crippen molar-refractivity contribution >= 4 is 23.2 Å². The Labute approximate surface area is 194 Å². The molecule has 0 spiro atoms. The number of nitrogens with one attached hydrogen (secondary N) is 1. The van der Waals surface area contributed by atoms with E-state index in [-0.39, 0.29) is 24.7 Å². The molecule has 0 radical (unpaired) electrons. The van der Waals surface area contributed by atoms with Crippen molar-refractivity contribution < 1.29 is 18.7 Å². The van der Waals surface area contributed by atoms with Gasteiger partial charge in [-0.1, -0.05) is 0 Å². The van der Waals surface area contributed by atoms with E-state index in [0.717, 1.165) is 11.3 Å². The lowest BCUT2D eigenvalue weighted by Gasteiger charge is -2.28. The van der Waals surface area contributed by atoms with Crippen molar-refractivity contribution in [1.29, 1.82) is 0 Å². The molecule has 3 aromatic heterocycles. The van der Waals surface area contributed by atoms with Crippen LogP contribution in [0.5, 0.6) is 0 Å². The lowest BCUT2D eigenvalue weighted by atomic mass is 9.98. The van der Waals surface area contributed by atoms with Crippen molar-refractivity contribution in [1.82, 2.24) is 24.5 Å². The summed E-state index contributed by atoms with van der Waals surface area (Å²) in [6.45, 7) is 2.66. The summed E-state index contributed by atoms with van der Waals surface area (Å²) < 4.78 is 22.0. The Hall–Kier alpha value is -4.21. The highest BCUT2D eigenvalue weighted by Gasteiger charge is 2.48. The molecule has 4 aromatic rings. The molecule has 1 aliphatic heterocycles. The number of amides is 1. The highest BCUT2D eigenvalue weighted by molar-refractivity contribution is 5.97. The Morgan fingerprint density at radius 2 is 1.97 bits per heavy atom. The zero-order valence-corrected chi connectivity index (χ0v) is 18.5. The van der Waals surface area contributed by atoms with E-state index in [4.69, 9.17) is 4.74 Å². The van der Waals surface area contributed by atoms with E-state index in [0.29, 0.717) is 18.7 Å². The van der Waals surface area contributed by atoms with Gasteiger partial charge in [-0.25, -0.2) is 18.9 Å². The molecule has 1 aliphatic rings. The van der Waals surface area contributed by atoms with Crippen LogP contribution >= 0.6 is 0 Å². The SMILES string of the molecule is CCOC(=O)[C@]1(NC(=O)c2ccn(-c3ccc(F)cc3)n2)CCN(c2nccn3cccc23)C1. The topological polar surface area (TPSA) is 93.8 Å². The number of carbonyl (C=O) groups is 2. The molecule has 0 unspecified atom stereocenters. The van der Waals surface area contributed by atoms with E-state index in [2.05, 4.69) is 15.4 Å². The van der Waals surface area contributed by atoms with Gasteiger partial charge in [0.25, 0.3) is 5.91 Å². The first-order chi connectivity index (χ1) is 16.5. The molecule has 1 aromatic carbocycles. The zero-order chi connectivity index (χ0) is 23.7. The van der Waals surface area contributed by atoms with Crippen molar-refractivity contribution in [3.63, 3.8) is 0 Å². The van der Waals surface area contributed by atoms with E-state index in [1.165, 1.54) is 16.8 Å². The molecule has 174 valence electrons. The predicted molar refractivity (Wildman–Crippen MR) is 122 cm³/mol.